The summed E-state index contributed by atoms with van der Waals surface area (Å²) in [4.78, 5) is 25.9. The number of rotatable bonds is 3. The molecule has 2 aliphatic heterocycles. The topological polar surface area (TPSA) is 96.1 Å². The van der Waals surface area contributed by atoms with E-state index < -0.39 is 12.1 Å². The molecule has 0 unspecified atom stereocenters. The second-order valence-corrected chi connectivity index (χ2v) is 7.92. The number of alkyl halides is 3. The highest BCUT2D eigenvalue weighted by atomic mass is 19.4. The van der Waals surface area contributed by atoms with Gasteiger partial charge in [-0.25, -0.2) is 4.79 Å². The van der Waals surface area contributed by atoms with Crippen molar-refractivity contribution in [3.63, 3.8) is 0 Å². The van der Waals surface area contributed by atoms with E-state index in [0.29, 0.717) is 11.9 Å². The number of amides is 1. The van der Waals surface area contributed by atoms with Gasteiger partial charge in [0.15, 0.2) is 0 Å². The Bertz CT molecular complexity index is 758. The van der Waals surface area contributed by atoms with Crippen molar-refractivity contribution in [3.8, 4) is 0 Å². The van der Waals surface area contributed by atoms with Gasteiger partial charge in [0.2, 0.25) is 5.91 Å². The van der Waals surface area contributed by atoms with E-state index in [1.165, 1.54) is 12.0 Å². The third kappa shape index (κ3) is 4.94. The molecule has 4 rings (SSSR count). The van der Waals surface area contributed by atoms with Gasteiger partial charge in [0.05, 0.1) is 24.4 Å². The number of carbonyl (C=O) groups excluding carboxylic acids is 1. The molecule has 8 nitrogen and oxygen atoms in total. The van der Waals surface area contributed by atoms with Gasteiger partial charge >= 0.3 is 12.1 Å². The highest BCUT2D eigenvalue weighted by molar-refractivity contribution is 5.80. The van der Waals surface area contributed by atoms with Crippen molar-refractivity contribution in [1.82, 2.24) is 15.0 Å². The van der Waals surface area contributed by atoms with Crippen molar-refractivity contribution in [2.24, 2.45) is 5.92 Å². The van der Waals surface area contributed by atoms with Crippen LogP contribution in [0, 0.1) is 19.8 Å². The zero-order chi connectivity index (χ0) is 22.1. The van der Waals surface area contributed by atoms with Crippen LogP contribution in [0.2, 0.25) is 0 Å². The lowest BCUT2D eigenvalue weighted by atomic mass is 9.84. The summed E-state index contributed by atoms with van der Waals surface area (Å²) >= 11 is 0. The molecular weight excluding hydrogens is 407 g/mol. The first kappa shape index (κ1) is 22.5. The molecule has 1 aliphatic carbocycles. The van der Waals surface area contributed by atoms with Crippen LogP contribution in [0.5, 0.6) is 0 Å². The average molecular weight is 433 g/mol. The monoisotopic (exact) mass is 433 g/mol. The number of carboxylic acid groups (broad SMARTS) is 1. The zero-order valence-electron chi connectivity index (χ0n) is 16.9. The molecule has 1 amide bonds. The van der Waals surface area contributed by atoms with Gasteiger partial charge in [0.25, 0.3) is 0 Å². The van der Waals surface area contributed by atoms with Crippen LogP contribution in [-0.2, 0) is 20.9 Å². The Morgan fingerprint density at radius 1 is 1.23 bits per heavy atom. The first-order valence-corrected chi connectivity index (χ1v) is 9.94. The molecule has 3 aliphatic rings. The molecule has 0 radical (unpaired) electrons. The van der Waals surface area contributed by atoms with E-state index in [9.17, 15) is 18.0 Å². The molecule has 168 valence electrons. The Kier molecular flexibility index (Phi) is 6.71. The summed E-state index contributed by atoms with van der Waals surface area (Å²) in [6.07, 6.45) is -1.61. The van der Waals surface area contributed by atoms with Crippen LogP contribution in [-0.4, -0.2) is 76.5 Å². The van der Waals surface area contributed by atoms with Gasteiger partial charge in [-0.15, -0.1) is 0 Å². The molecule has 2 atom stereocenters. The lowest BCUT2D eigenvalue weighted by Crippen LogP contribution is -2.50. The predicted molar refractivity (Wildman–Crippen MR) is 97.5 cm³/mol. The average Bonchev–Trinajstić information content (AvgIpc) is 3.19. The van der Waals surface area contributed by atoms with Crippen LogP contribution in [0.15, 0.2) is 4.52 Å². The van der Waals surface area contributed by atoms with Crippen molar-refractivity contribution in [2.45, 2.75) is 58.0 Å². The first-order chi connectivity index (χ1) is 14.1. The number of halogens is 3. The van der Waals surface area contributed by atoms with Crippen molar-refractivity contribution < 1.29 is 37.1 Å². The third-order valence-electron chi connectivity index (χ3n) is 5.97. The van der Waals surface area contributed by atoms with Gasteiger partial charge in [-0.1, -0.05) is 11.6 Å². The van der Waals surface area contributed by atoms with Gasteiger partial charge in [0, 0.05) is 37.7 Å². The Morgan fingerprint density at radius 3 is 2.40 bits per heavy atom. The molecule has 30 heavy (non-hydrogen) atoms. The number of aryl methyl sites for hydroxylation is 2. The maximum atomic E-state index is 12.5. The van der Waals surface area contributed by atoms with E-state index in [2.05, 4.69) is 10.1 Å². The molecule has 3 heterocycles. The summed E-state index contributed by atoms with van der Waals surface area (Å²) in [7, 11) is 0. The van der Waals surface area contributed by atoms with Crippen LogP contribution < -0.4 is 0 Å². The van der Waals surface area contributed by atoms with Crippen molar-refractivity contribution in [3.05, 3.63) is 17.0 Å². The zero-order valence-corrected chi connectivity index (χ0v) is 16.9. The van der Waals surface area contributed by atoms with E-state index in [1.54, 1.807) is 0 Å². The first-order valence-electron chi connectivity index (χ1n) is 9.94. The second kappa shape index (κ2) is 8.93. The molecule has 1 aromatic rings. The summed E-state index contributed by atoms with van der Waals surface area (Å²) in [5.41, 5.74) is 2.14. The van der Waals surface area contributed by atoms with Crippen LogP contribution in [0.1, 0.15) is 36.3 Å². The molecule has 11 heteroatoms. The van der Waals surface area contributed by atoms with Crippen LogP contribution in [0.3, 0.4) is 0 Å². The number of aromatic nitrogens is 1. The summed E-state index contributed by atoms with van der Waals surface area (Å²) in [6.45, 7) is 7.96. The Labute approximate surface area is 171 Å². The minimum Gasteiger partial charge on any atom is -0.475 e. The Hall–Kier alpha value is -2.14. The lowest BCUT2D eigenvalue weighted by Gasteiger charge is -2.36. The molecule has 3 fully saturated rings. The third-order valence-corrected chi connectivity index (χ3v) is 5.97. The molecule has 0 spiro atoms. The summed E-state index contributed by atoms with van der Waals surface area (Å²) < 4.78 is 43.0. The number of ether oxygens (including phenoxy) is 1. The van der Waals surface area contributed by atoms with Gasteiger partial charge in [-0.3, -0.25) is 9.69 Å². The predicted octanol–water partition coefficient (Wildman–Crippen LogP) is 2.14. The van der Waals surface area contributed by atoms with E-state index in [-0.39, 0.29) is 12.0 Å². The van der Waals surface area contributed by atoms with Crippen molar-refractivity contribution in [2.75, 3.05) is 26.2 Å². The molecule has 0 bridgehead atoms. The number of hydrogen-bond acceptors (Lipinski definition) is 6. The van der Waals surface area contributed by atoms with Crippen LogP contribution in [0.4, 0.5) is 13.2 Å². The maximum absolute atomic E-state index is 12.5. The second-order valence-electron chi connectivity index (χ2n) is 7.92. The smallest absolute Gasteiger partial charge is 0.475 e. The van der Waals surface area contributed by atoms with Gasteiger partial charge < -0.3 is 19.3 Å². The van der Waals surface area contributed by atoms with E-state index in [0.717, 1.165) is 57.1 Å². The van der Waals surface area contributed by atoms with Gasteiger partial charge in [-0.2, -0.15) is 13.2 Å². The SMILES string of the molecule is Cc1noc(C)c1CN1CCO[C@H]2CN(C(=O)C3CCC3)C[C@H]21.O=C(O)C(F)(F)F. The summed E-state index contributed by atoms with van der Waals surface area (Å²) in [6, 6.07) is 0.293. The minimum absolute atomic E-state index is 0.147. The van der Waals surface area contributed by atoms with Crippen molar-refractivity contribution in [1.29, 1.82) is 0 Å². The fourth-order valence-electron chi connectivity index (χ4n) is 3.98. The van der Waals surface area contributed by atoms with Gasteiger partial charge in [0.1, 0.15) is 5.76 Å². The fourth-order valence-corrected chi connectivity index (χ4v) is 3.98. The number of nitrogens with zero attached hydrogens (tertiary/aromatic N) is 3. The number of morpholine rings is 1. The number of likely N-dealkylation sites (tertiary alicyclic amines) is 1. The normalized spacial score (nSPS) is 24.6. The molecule has 1 N–H and O–H groups in total. The largest absolute Gasteiger partial charge is 0.490 e. The molecule has 2 saturated heterocycles. The molecular formula is C19H26F3N3O5. The number of carboxylic acids is 1. The molecule has 1 aromatic heterocycles. The van der Waals surface area contributed by atoms with E-state index in [1.807, 2.05) is 18.7 Å². The Morgan fingerprint density at radius 2 is 1.90 bits per heavy atom. The summed E-state index contributed by atoms with van der Waals surface area (Å²) in [5, 5.41) is 11.2. The van der Waals surface area contributed by atoms with Gasteiger partial charge in [-0.05, 0) is 26.7 Å². The number of carbonyl (C=O) groups is 2. The number of fused-ring (bicyclic) bond motifs is 1. The fraction of sp³-hybridized carbons (Fsp3) is 0.737. The lowest BCUT2D eigenvalue weighted by molar-refractivity contribution is -0.192. The maximum Gasteiger partial charge on any atom is 0.490 e. The standard InChI is InChI=1S/C17H25N3O3.C2HF3O2/c1-11-14(12(2)23-18-11)8-19-6-7-22-16-10-20(9-15(16)19)17(21)13-4-3-5-13;3-2(4,5)1(6)7/h13,15-16H,3-10H2,1-2H3;(H,6,7)/t15-,16+;/m1./s1. The van der Waals surface area contributed by atoms with E-state index >= 15 is 0 Å². The molecule has 1 saturated carbocycles. The highest BCUT2D eigenvalue weighted by Gasteiger charge is 2.44. The summed E-state index contributed by atoms with van der Waals surface area (Å²) in [5.74, 6) is -1.25. The van der Waals surface area contributed by atoms with Crippen molar-refractivity contribution >= 4 is 11.9 Å². The minimum atomic E-state index is -5.08. The highest BCUT2D eigenvalue weighted by Crippen LogP contribution is 2.32. The number of hydrogen-bond donors (Lipinski definition) is 1. The van der Waals surface area contributed by atoms with Crippen LogP contribution >= 0.6 is 0 Å². The Balaban J connectivity index is 0.000000318. The quantitative estimate of drug-likeness (QED) is 0.780. The molecule has 0 aromatic carbocycles. The van der Waals surface area contributed by atoms with E-state index in [4.69, 9.17) is 19.2 Å². The van der Waals surface area contributed by atoms with Crippen LogP contribution in [0.25, 0.3) is 0 Å². The number of aliphatic carboxylic acids is 1.